The van der Waals surface area contributed by atoms with Crippen molar-refractivity contribution in [2.24, 2.45) is 11.7 Å². The van der Waals surface area contributed by atoms with Gasteiger partial charge in [0.15, 0.2) is 49.4 Å². The lowest BCUT2D eigenvalue weighted by atomic mass is 9.93. The number of nitrogens with two attached hydrogens (primary N) is 1. The number of carboxylic acid groups (broad SMARTS) is 1. The van der Waals surface area contributed by atoms with E-state index in [2.05, 4.69) is 53.2 Å². The topological polar surface area (TPSA) is 606 Å². The highest BCUT2D eigenvalue weighted by atomic mass is 32.1. The first-order chi connectivity index (χ1) is 56.5. The number of primary amides is 1. The lowest BCUT2D eigenvalue weighted by Gasteiger charge is -2.50. The molecule has 0 saturated carbocycles. The summed E-state index contributed by atoms with van der Waals surface area (Å²) in [5, 5.41) is 35.3. The Morgan fingerprint density at radius 3 is 1.26 bits per heavy atom. The number of carbonyl (C=O) groups is 18. The minimum absolute atomic E-state index is 0.0221. The van der Waals surface area contributed by atoms with E-state index in [4.69, 9.17) is 109 Å². The average Bonchev–Trinajstić information content (AvgIpc) is 1.09. The van der Waals surface area contributed by atoms with Crippen LogP contribution in [-0.4, -0.2) is 312 Å². The third-order valence-corrected chi connectivity index (χ3v) is 18.5. The monoisotopic (exact) mass is 1780 g/mol. The molecule has 0 radical (unpaired) electrons. The molecule has 4 fully saturated rings. The molecule has 4 aliphatic rings. The molecule has 0 spiro atoms. The van der Waals surface area contributed by atoms with Crippen LogP contribution in [0.4, 0.5) is 0 Å². The van der Waals surface area contributed by atoms with E-state index in [-0.39, 0.29) is 40.8 Å². The van der Waals surface area contributed by atoms with E-state index in [1.165, 1.54) is 27.7 Å². The maximum atomic E-state index is 16.1. The van der Waals surface area contributed by atoms with Crippen LogP contribution in [0.25, 0.3) is 0 Å². The van der Waals surface area contributed by atoms with Crippen LogP contribution in [-0.2, 0) is 153 Å². The van der Waals surface area contributed by atoms with Gasteiger partial charge in [0, 0.05) is 75.3 Å². The molecule has 9 amide bonds. The molecule has 678 valence electrons. The highest BCUT2D eigenvalue weighted by Crippen LogP contribution is 2.36. The van der Waals surface area contributed by atoms with Gasteiger partial charge in [0.05, 0.1) is 40.3 Å². The van der Waals surface area contributed by atoms with Crippen molar-refractivity contribution in [3.63, 3.8) is 0 Å². The molecule has 0 aromatic carbocycles. The number of esters is 8. The molecule has 4 heterocycles. The summed E-state index contributed by atoms with van der Waals surface area (Å²) in [7, 11) is 0. The molecule has 45 nitrogen and oxygen atoms in total. The summed E-state index contributed by atoms with van der Waals surface area (Å²) in [5.74, 6) is -18.6. The van der Waals surface area contributed by atoms with E-state index in [1.54, 1.807) is 13.8 Å². The predicted octanol–water partition coefficient (Wildman–Crippen LogP) is -4.30. The Balaban J connectivity index is 2.10. The van der Waals surface area contributed by atoms with E-state index in [0.29, 0.717) is 0 Å². The van der Waals surface area contributed by atoms with Crippen LogP contribution in [0.3, 0.4) is 0 Å². The summed E-state index contributed by atoms with van der Waals surface area (Å²) in [6.45, 7) is 16.2. The fourth-order valence-electron chi connectivity index (χ4n) is 13.2. The van der Waals surface area contributed by atoms with Crippen LogP contribution >= 0.6 is 36.7 Å². The first-order valence-electron chi connectivity index (χ1n) is 38.3. The summed E-state index contributed by atoms with van der Waals surface area (Å²) >= 11 is 16.6. The van der Waals surface area contributed by atoms with Gasteiger partial charge in [-0.15, -0.1) is 0 Å². The number of thiocarbonyl (C=S) groups is 3. The Kier molecular flexibility index (Phi) is 41.9. The van der Waals surface area contributed by atoms with Gasteiger partial charge >= 0.3 is 53.7 Å². The number of nitrogens with zero attached hydrogens (tertiary/aromatic N) is 1. The van der Waals surface area contributed by atoms with Gasteiger partial charge in [-0.2, -0.15) is 0 Å². The fraction of sp³-hybridized carbons (Fsp3) is 0.712. The van der Waals surface area contributed by atoms with E-state index in [0.717, 1.165) is 81.1 Å². The third kappa shape index (κ3) is 34.0. The Labute approximate surface area is 712 Å². The molecule has 48 heteroatoms. The number of hydrogen-bond acceptors (Lipinski definition) is 35. The van der Waals surface area contributed by atoms with Gasteiger partial charge in [-0.1, -0.05) is 50.5 Å². The van der Waals surface area contributed by atoms with Gasteiger partial charge in [-0.05, 0) is 73.1 Å². The van der Waals surface area contributed by atoms with E-state index >= 15 is 14.4 Å². The Morgan fingerprint density at radius 1 is 0.455 bits per heavy atom. The maximum absolute atomic E-state index is 16.1. The van der Waals surface area contributed by atoms with E-state index in [9.17, 15) is 77.0 Å². The molecule has 4 saturated heterocycles. The quantitative estimate of drug-likeness (QED) is 0.0156. The van der Waals surface area contributed by atoms with E-state index in [1.807, 2.05) is 0 Å². The standard InChI is InChI=1S/C73H110N12O33S3/c1-29(2)23-46(82-66(100)45(78-33(6)86)20-21-53(97)98)67(101)77-30(3)65(99)83-55(32(5)109-72-58(81-36(9)121)64(61(112-42(15)92)50(116-72)28-107-39(12)89)118-73-57(80-35(8)120)63(114-44(17)94)60(111-41(14)91)49(117-73)27-106-38(11)88)70(104)84-54(69(103)76-25-52(96)85-22-18-19-47(85)68(102)75-24-51(74)95)31(4)108-71-56(79-34(7)119)62(113-43(16)93)59(110-40(13)90)48(115-71)26-105-37(10)87/h29-32,45-50,54-64,71-73H,18-28H2,1-17H3,(H2,74,95)(H,75,102)(H,76,103)(H,77,101)(H,78,86)(H,79,119)(H,80,120)(H,81,121)(H,82,100)(H,83,99)(H,84,104)(H,97,98)/t30-,31+,32+,45-,46-,47-,48+,49+,50+,54-,55-,56+,57+,58+,59-,60-,61-,62+,63+,64+,71-,72-,73+/m0/s1. The van der Waals surface area contributed by atoms with Crippen molar-refractivity contribution < 1.29 is 158 Å². The molecule has 0 aromatic heterocycles. The van der Waals surface area contributed by atoms with Crippen molar-refractivity contribution in [2.45, 2.75) is 290 Å². The minimum Gasteiger partial charge on any atom is -0.481 e. The van der Waals surface area contributed by atoms with Crippen LogP contribution in [0.2, 0.25) is 0 Å². The molecule has 23 atom stereocenters. The molecule has 0 bridgehead atoms. The number of ether oxygens (including phenoxy) is 14. The van der Waals surface area contributed by atoms with Crippen molar-refractivity contribution in [2.75, 3.05) is 39.5 Å². The summed E-state index contributed by atoms with van der Waals surface area (Å²) in [6.07, 6.45) is -25.5. The van der Waals surface area contributed by atoms with Crippen LogP contribution in [0, 0.1) is 5.92 Å². The molecule has 121 heavy (non-hydrogen) atoms. The lowest BCUT2D eigenvalue weighted by molar-refractivity contribution is -0.333. The Bertz CT molecular complexity index is 3810. The van der Waals surface area contributed by atoms with Crippen LogP contribution in [0.1, 0.15) is 150 Å². The first-order valence-corrected chi connectivity index (χ1v) is 39.5. The number of carboxylic acids is 1. The number of amides is 9. The summed E-state index contributed by atoms with van der Waals surface area (Å²) in [6, 6.07) is -15.3. The molecule has 4 rings (SSSR count). The zero-order valence-electron chi connectivity index (χ0n) is 69.9. The zero-order chi connectivity index (χ0) is 91.3. The number of nitrogens with one attached hydrogen (secondary N) is 10. The van der Waals surface area contributed by atoms with Crippen molar-refractivity contribution >= 4 is 159 Å². The Hall–Kier alpha value is -10.1. The highest BCUT2D eigenvalue weighted by Gasteiger charge is 2.58. The van der Waals surface area contributed by atoms with Crippen molar-refractivity contribution in [1.82, 2.24) is 58.1 Å². The second-order valence-electron chi connectivity index (χ2n) is 29.1. The van der Waals surface area contributed by atoms with E-state index < -0.39 is 299 Å². The predicted molar refractivity (Wildman–Crippen MR) is 422 cm³/mol. The van der Waals surface area contributed by atoms with Gasteiger partial charge in [0.2, 0.25) is 53.2 Å². The number of rotatable bonds is 42. The Morgan fingerprint density at radius 2 is 0.851 bits per heavy atom. The van der Waals surface area contributed by atoms with Gasteiger partial charge < -0.3 is 135 Å². The van der Waals surface area contributed by atoms with Gasteiger partial charge in [-0.3, -0.25) is 86.3 Å². The fourth-order valence-corrected chi connectivity index (χ4v) is 13.6. The average molecular weight is 1780 g/mol. The van der Waals surface area contributed by atoms with Crippen molar-refractivity contribution in [3.05, 3.63) is 0 Å². The van der Waals surface area contributed by atoms with Crippen molar-refractivity contribution in [3.8, 4) is 0 Å². The third-order valence-electron chi connectivity index (χ3n) is 18.2. The second kappa shape index (κ2) is 49.1. The number of likely N-dealkylation sites (tertiary alicyclic amines) is 1. The molecular formula is C73H110N12O33S3. The van der Waals surface area contributed by atoms with Crippen LogP contribution in [0.5, 0.6) is 0 Å². The zero-order valence-corrected chi connectivity index (χ0v) is 72.3. The van der Waals surface area contributed by atoms with Gasteiger partial charge in [0.1, 0.15) is 98.6 Å². The lowest BCUT2D eigenvalue weighted by Crippen LogP contribution is -2.71. The van der Waals surface area contributed by atoms with Crippen LogP contribution in [0.15, 0.2) is 0 Å². The summed E-state index contributed by atoms with van der Waals surface area (Å²) in [5.41, 5.74) is 5.27. The largest absolute Gasteiger partial charge is 0.481 e. The minimum atomic E-state index is -2.27. The molecular weight excluding hydrogens is 1670 g/mol. The SMILES string of the molecule is CC(=O)N[C@@H](CCC(=O)O)C(=O)N[C@@H](CC(C)C)C(=O)N[C@@H](C)C(=O)N[C@H](C(=O)N[C@H](C(=O)NCC(=O)N1CCC[C@H]1C(=O)NCC(N)=O)[C@@H](C)O[C@H]1O[C@H](COC(C)=O)[C@H](OC(C)=O)[C@H](OC(C)=O)[C@H]1NC(C)=S)[C@@H](C)O[C@H]1O[C@H](COC(C)=O)[C@H](OC(C)=O)[C@H](O[C@H]2O[C@H](COC(C)=O)[C@H](OC(C)=O)[C@H](OC(C)=O)[C@H]2NC(C)=S)[C@H]1NC(C)=S. The molecule has 4 aliphatic heterocycles. The molecule has 0 aliphatic carbocycles. The number of aliphatic carboxylic acids is 1. The molecule has 0 unspecified atom stereocenters. The van der Waals surface area contributed by atoms with Gasteiger partial charge in [-0.25, -0.2) is 0 Å². The van der Waals surface area contributed by atoms with Gasteiger partial charge in [0.25, 0.3) is 0 Å². The normalized spacial score (nSPS) is 25.3. The molecule has 13 N–H and O–H groups in total. The van der Waals surface area contributed by atoms with Crippen LogP contribution < -0.4 is 58.9 Å². The molecule has 0 aromatic rings. The van der Waals surface area contributed by atoms with Crippen molar-refractivity contribution in [1.29, 1.82) is 0 Å². The summed E-state index contributed by atoms with van der Waals surface area (Å²) in [4.78, 5) is 242. The number of hydrogen-bond donors (Lipinski definition) is 12. The smallest absolute Gasteiger partial charge is 0.303 e. The highest BCUT2D eigenvalue weighted by molar-refractivity contribution is 7.80. The maximum Gasteiger partial charge on any atom is 0.303 e. The summed E-state index contributed by atoms with van der Waals surface area (Å²) < 4.78 is 84.4. The second-order valence-corrected chi connectivity index (χ2v) is 30.9. The number of carbonyl (C=O) groups excluding carboxylic acids is 17. The first kappa shape index (κ1) is 103.